The minimum absolute atomic E-state index is 0.102. The Morgan fingerprint density at radius 3 is 2.44 bits per heavy atom. The van der Waals surface area contributed by atoms with Crippen molar-refractivity contribution in [3.05, 3.63) is 87.7 Å². The molecule has 1 N–H and O–H groups in total. The molecule has 0 atom stereocenters. The molecule has 4 nitrogen and oxygen atoms in total. The highest BCUT2D eigenvalue weighted by Gasteiger charge is 2.30. The first-order valence-electron chi connectivity index (χ1n) is 9.88. The molecule has 3 aromatic rings. The zero-order chi connectivity index (χ0) is 23.6. The number of anilines is 1. The Morgan fingerprint density at radius 1 is 1.06 bits per heavy atom. The number of hydrogen-bond acceptors (Lipinski definition) is 2. The second kappa shape index (κ2) is 8.75. The van der Waals surface area contributed by atoms with Crippen molar-refractivity contribution in [2.45, 2.75) is 33.9 Å². The van der Waals surface area contributed by atoms with Crippen LogP contribution in [0.15, 0.2) is 54.1 Å². The molecule has 0 fully saturated rings. The molecular formula is C25H22F3N3O. The molecule has 0 spiro atoms. The lowest BCUT2D eigenvalue weighted by atomic mass is 10.1. The van der Waals surface area contributed by atoms with E-state index in [9.17, 15) is 23.2 Å². The highest BCUT2D eigenvalue weighted by atomic mass is 19.4. The van der Waals surface area contributed by atoms with E-state index < -0.39 is 17.6 Å². The number of nitrogens with zero attached hydrogens (tertiary/aromatic N) is 2. The first-order valence-corrected chi connectivity index (χ1v) is 9.88. The van der Waals surface area contributed by atoms with E-state index in [4.69, 9.17) is 0 Å². The Kier molecular flexibility index (Phi) is 6.26. The van der Waals surface area contributed by atoms with Crippen LogP contribution < -0.4 is 5.32 Å². The number of rotatable bonds is 4. The summed E-state index contributed by atoms with van der Waals surface area (Å²) < 4.78 is 41.1. The van der Waals surface area contributed by atoms with E-state index in [-0.39, 0.29) is 5.57 Å². The average Bonchev–Trinajstić information content (AvgIpc) is 3.01. The number of alkyl halides is 3. The van der Waals surface area contributed by atoms with Gasteiger partial charge in [0, 0.05) is 22.8 Å². The van der Waals surface area contributed by atoms with Crippen LogP contribution in [0.4, 0.5) is 18.9 Å². The van der Waals surface area contributed by atoms with Crippen molar-refractivity contribution in [2.75, 3.05) is 5.32 Å². The fourth-order valence-corrected chi connectivity index (χ4v) is 3.52. The van der Waals surface area contributed by atoms with Crippen molar-refractivity contribution in [2.24, 2.45) is 0 Å². The van der Waals surface area contributed by atoms with Gasteiger partial charge in [-0.15, -0.1) is 0 Å². The van der Waals surface area contributed by atoms with Crippen LogP contribution in [-0.2, 0) is 11.0 Å². The molecule has 0 unspecified atom stereocenters. The lowest BCUT2D eigenvalue weighted by molar-refractivity contribution is -0.137. The van der Waals surface area contributed by atoms with E-state index in [1.54, 1.807) is 30.5 Å². The van der Waals surface area contributed by atoms with Crippen molar-refractivity contribution in [1.82, 2.24) is 4.57 Å². The van der Waals surface area contributed by atoms with Crippen LogP contribution in [0.1, 0.15) is 33.6 Å². The van der Waals surface area contributed by atoms with Gasteiger partial charge < -0.3 is 9.88 Å². The van der Waals surface area contributed by atoms with Crippen LogP contribution in [0.2, 0.25) is 0 Å². The SMILES string of the molecule is Cc1ccc(C)c(NC(=O)C(C#N)=Cc2cc(C)n(-c3cccc(C(F)(F)F)c3)c2C)c1. The highest BCUT2D eigenvalue weighted by molar-refractivity contribution is 6.10. The van der Waals surface area contributed by atoms with Gasteiger partial charge in [-0.3, -0.25) is 4.79 Å². The predicted octanol–water partition coefficient (Wildman–Crippen LogP) is 6.28. The summed E-state index contributed by atoms with van der Waals surface area (Å²) in [7, 11) is 0. The van der Waals surface area contributed by atoms with E-state index in [0.717, 1.165) is 23.3 Å². The smallest absolute Gasteiger partial charge is 0.321 e. The molecule has 7 heteroatoms. The Morgan fingerprint density at radius 2 is 1.78 bits per heavy atom. The molecule has 0 aliphatic carbocycles. The number of halogens is 3. The number of amides is 1. The molecule has 0 aliphatic heterocycles. The van der Waals surface area contributed by atoms with Gasteiger partial charge in [-0.05, 0) is 80.8 Å². The van der Waals surface area contributed by atoms with Crippen molar-refractivity contribution in [3.8, 4) is 11.8 Å². The van der Waals surface area contributed by atoms with Crippen molar-refractivity contribution >= 4 is 17.7 Å². The summed E-state index contributed by atoms with van der Waals surface area (Å²) in [5.41, 5.74) is 3.84. The third-order valence-electron chi connectivity index (χ3n) is 5.21. The maximum atomic E-state index is 13.1. The Bertz CT molecular complexity index is 1260. The van der Waals surface area contributed by atoms with E-state index >= 15 is 0 Å². The van der Waals surface area contributed by atoms with Gasteiger partial charge in [0.1, 0.15) is 11.6 Å². The van der Waals surface area contributed by atoms with Gasteiger partial charge in [0.2, 0.25) is 0 Å². The molecule has 2 aromatic carbocycles. The number of carbonyl (C=O) groups is 1. The molecule has 0 saturated heterocycles. The molecule has 0 aliphatic rings. The molecule has 164 valence electrons. The van der Waals surface area contributed by atoms with Crippen LogP contribution in [0.25, 0.3) is 11.8 Å². The minimum Gasteiger partial charge on any atom is -0.321 e. The molecule has 3 rings (SSSR count). The second-order valence-electron chi connectivity index (χ2n) is 7.65. The summed E-state index contributed by atoms with van der Waals surface area (Å²) in [6.45, 7) is 7.25. The van der Waals surface area contributed by atoms with Crippen molar-refractivity contribution < 1.29 is 18.0 Å². The first-order chi connectivity index (χ1) is 15.0. The summed E-state index contributed by atoms with van der Waals surface area (Å²) in [6.07, 6.45) is -3.00. The average molecular weight is 437 g/mol. The number of nitrogens with one attached hydrogen (secondary N) is 1. The van der Waals surface area contributed by atoms with Crippen molar-refractivity contribution in [1.29, 1.82) is 5.26 Å². The van der Waals surface area contributed by atoms with Gasteiger partial charge in [0.25, 0.3) is 5.91 Å². The van der Waals surface area contributed by atoms with Gasteiger partial charge in [-0.2, -0.15) is 18.4 Å². The molecule has 32 heavy (non-hydrogen) atoms. The lowest BCUT2D eigenvalue weighted by Gasteiger charge is -2.13. The van der Waals surface area contributed by atoms with E-state index in [1.165, 1.54) is 12.1 Å². The summed E-state index contributed by atoms with van der Waals surface area (Å²) in [4.78, 5) is 12.7. The minimum atomic E-state index is -4.45. The number of carbonyl (C=O) groups excluding carboxylic acids is 1. The van der Waals surface area contributed by atoms with Gasteiger partial charge in [0.15, 0.2) is 0 Å². The summed E-state index contributed by atoms with van der Waals surface area (Å²) in [6, 6.07) is 14.3. The zero-order valence-electron chi connectivity index (χ0n) is 18.1. The number of aryl methyl sites for hydroxylation is 3. The fraction of sp³-hybridized carbons (Fsp3) is 0.200. The number of nitriles is 1. The van der Waals surface area contributed by atoms with Gasteiger partial charge >= 0.3 is 6.18 Å². The topological polar surface area (TPSA) is 57.8 Å². The molecule has 1 amide bonds. The predicted molar refractivity (Wildman–Crippen MR) is 118 cm³/mol. The maximum Gasteiger partial charge on any atom is 0.416 e. The third kappa shape index (κ3) is 4.75. The molecule has 0 bridgehead atoms. The van der Waals surface area contributed by atoms with E-state index in [0.29, 0.717) is 28.3 Å². The quantitative estimate of drug-likeness (QED) is 0.386. The number of benzene rings is 2. The fourth-order valence-electron chi connectivity index (χ4n) is 3.52. The highest BCUT2D eigenvalue weighted by Crippen LogP contribution is 2.32. The van der Waals surface area contributed by atoms with E-state index in [1.807, 2.05) is 38.1 Å². The molecule has 1 aromatic heterocycles. The molecule has 0 saturated carbocycles. The van der Waals surface area contributed by atoms with Gasteiger partial charge in [-0.1, -0.05) is 18.2 Å². The standard InChI is InChI=1S/C25H22F3N3O/c1-15-8-9-16(2)23(10-15)30-24(32)20(14-29)12-19-11-17(3)31(18(19)4)22-7-5-6-21(13-22)25(26,27)28/h5-13H,1-4H3,(H,30,32). The third-order valence-corrected chi connectivity index (χ3v) is 5.21. The molecule has 0 radical (unpaired) electrons. The van der Waals surface area contributed by atoms with E-state index in [2.05, 4.69) is 5.32 Å². The molecular weight excluding hydrogens is 415 g/mol. The van der Waals surface area contributed by atoms with Crippen LogP contribution in [0.5, 0.6) is 0 Å². The second-order valence-corrected chi connectivity index (χ2v) is 7.65. The van der Waals surface area contributed by atoms with Crippen molar-refractivity contribution in [3.63, 3.8) is 0 Å². The van der Waals surface area contributed by atoms with Crippen LogP contribution in [-0.4, -0.2) is 10.5 Å². The van der Waals surface area contributed by atoms with Gasteiger partial charge in [0.05, 0.1) is 5.56 Å². The normalized spacial score (nSPS) is 11.9. The van der Waals surface area contributed by atoms with Crippen LogP contribution in [0.3, 0.4) is 0 Å². The number of hydrogen-bond donors (Lipinski definition) is 1. The number of aromatic nitrogens is 1. The van der Waals surface area contributed by atoms with Gasteiger partial charge in [-0.25, -0.2) is 0 Å². The summed E-state index contributed by atoms with van der Waals surface area (Å²) in [5, 5.41) is 12.3. The Hall–Kier alpha value is -3.79. The summed E-state index contributed by atoms with van der Waals surface area (Å²) in [5.74, 6) is -0.551. The van der Waals surface area contributed by atoms with Crippen LogP contribution >= 0.6 is 0 Å². The lowest BCUT2D eigenvalue weighted by Crippen LogP contribution is -2.14. The largest absolute Gasteiger partial charge is 0.416 e. The Balaban J connectivity index is 1.97. The summed E-state index contributed by atoms with van der Waals surface area (Å²) >= 11 is 0. The first kappa shape index (κ1) is 22.9. The zero-order valence-corrected chi connectivity index (χ0v) is 18.1. The monoisotopic (exact) mass is 437 g/mol. The molecule has 1 heterocycles. The maximum absolute atomic E-state index is 13.1. The Labute approximate surface area is 184 Å². The van der Waals surface area contributed by atoms with Crippen LogP contribution in [0, 0.1) is 39.0 Å².